The number of hydrogen-bond donors (Lipinski definition) is 1. The van der Waals surface area contributed by atoms with E-state index in [4.69, 9.17) is 4.74 Å². The molecule has 0 atom stereocenters. The summed E-state index contributed by atoms with van der Waals surface area (Å²) < 4.78 is 36.0. The van der Waals surface area contributed by atoms with Crippen LogP contribution in [0.3, 0.4) is 0 Å². The Morgan fingerprint density at radius 3 is 2.56 bits per heavy atom. The van der Waals surface area contributed by atoms with Gasteiger partial charge in [0.05, 0.1) is 9.99 Å². The first-order valence-electron chi connectivity index (χ1n) is 8.69. The van der Waals surface area contributed by atoms with Crippen molar-refractivity contribution < 1.29 is 18.3 Å². The fourth-order valence-electron chi connectivity index (χ4n) is 3.07. The highest BCUT2D eigenvalue weighted by atomic mass is 79.9. The molecular formula is C19H21BrF2N2O3. The van der Waals surface area contributed by atoms with Crippen molar-refractivity contribution in [1.29, 1.82) is 0 Å². The molecular weight excluding hydrogens is 422 g/mol. The first-order chi connectivity index (χ1) is 12.5. The van der Waals surface area contributed by atoms with Crippen molar-refractivity contribution in [1.82, 2.24) is 9.88 Å². The van der Waals surface area contributed by atoms with Gasteiger partial charge in [0.15, 0.2) is 5.82 Å². The fourth-order valence-corrected chi connectivity index (χ4v) is 3.37. The smallest absolute Gasteiger partial charge is 0.407 e. The van der Waals surface area contributed by atoms with E-state index in [0.29, 0.717) is 11.1 Å². The maximum Gasteiger partial charge on any atom is 0.407 e. The number of rotatable bonds is 3. The van der Waals surface area contributed by atoms with E-state index in [1.165, 1.54) is 10.6 Å². The normalized spacial score (nSPS) is 14.5. The Bertz CT molecular complexity index is 992. The van der Waals surface area contributed by atoms with Gasteiger partial charge in [0, 0.05) is 23.5 Å². The number of pyridine rings is 1. The summed E-state index contributed by atoms with van der Waals surface area (Å²) >= 11 is 3.19. The third kappa shape index (κ3) is 3.85. The zero-order valence-corrected chi connectivity index (χ0v) is 17.2. The number of nitrogens with zero attached hydrogens (tertiary/aromatic N) is 1. The SMILES string of the molecule is Cc1c(Br)c(F)cc2c(CNC(=O)OC(C)(C)C)c(F)c(=O)n(C3CC3)c12. The Kier molecular flexibility index (Phi) is 5.05. The van der Waals surface area contributed by atoms with Gasteiger partial charge in [0.2, 0.25) is 0 Å². The lowest BCUT2D eigenvalue weighted by Gasteiger charge is -2.21. The van der Waals surface area contributed by atoms with E-state index in [1.807, 2.05) is 0 Å². The minimum Gasteiger partial charge on any atom is -0.444 e. The number of fused-ring (bicyclic) bond motifs is 1. The summed E-state index contributed by atoms with van der Waals surface area (Å²) in [5.41, 5.74) is -0.515. The van der Waals surface area contributed by atoms with Crippen LogP contribution in [0, 0.1) is 18.6 Å². The molecule has 1 saturated carbocycles. The van der Waals surface area contributed by atoms with Gasteiger partial charge in [-0.25, -0.2) is 13.6 Å². The lowest BCUT2D eigenvalue weighted by molar-refractivity contribution is 0.0523. The van der Waals surface area contributed by atoms with Crippen molar-refractivity contribution in [3.8, 4) is 0 Å². The second-order valence-electron chi connectivity index (χ2n) is 7.75. The molecule has 1 aromatic carbocycles. The van der Waals surface area contributed by atoms with Crippen molar-refractivity contribution in [2.75, 3.05) is 0 Å². The standard InChI is InChI=1S/C19H21BrF2N2O3/c1-9-14(20)13(21)7-11-12(8-23-18(26)27-19(2,3)4)15(22)17(25)24(16(9)11)10-5-6-10/h7,10H,5-6,8H2,1-4H3,(H,23,26). The van der Waals surface area contributed by atoms with Gasteiger partial charge < -0.3 is 14.6 Å². The highest BCUT2D eigenvalue weighted by molar-refractivity contribution is 9.10. The van der Waals surface area contributed by atoms with Crippen LogP contribution < -0.4 is 10.9 Å². The van der Waals surface area contributed by atoms with Crippen LogP contribution in [0.1, 0.15) is 50.8 Å². The van der Waals surface area contributed by atoms with E-state index in [0.717, 1.165) is 12.8 Å². The highest BCUT2D eigenvalue weighted by Crippen LogP contribution is 2.39. The van der Waals surface area contributed by atoms with Gasteiger partial charge in [-0.2, -0.15) is 0 Å². The molecule has 0 bridgehead atoms. The summed E-state index contributed by atoms with van der Waals surface area (Å²) in [4.78, 5) is 24.6. The van der Waals surface area contributed by atoms with Gasteiger partial charge in [-0.3, -0.25) is 4.79 Å². The molecule has 1 fully saturated rings. The van der Waals surface area contributed by atoms with E-state index in [2.05, 4.69) is 21.2 Å². The predicted octanol–water partition coefficient (Wildman–Crippen LogP) is 4.71. The molecule has 1 N–H and O–H groups in total. The summed E-state index contributed by atoms with van der Waals surface area (Å²) in [6.45, 7) is 6.51. The molecule has 1 heterocycles. The number of carbonyl (C=O) groups is 1. The Balaban J connectivity index is 2.13. The molecule has 0 spiro atoms. The number of carbonyl (C=O) groups excluding carboxylic acids is 1. The Morgan fingerprint density at radius 2 is 2.00 bits per heavy atom. The molecule has 27 heavy (non-hydrogen) atoms. The Labute approximate surface area is 163 Å². The van der Waals surface area contributed by atoms with Gasteiger partial charge in [-0.15, -0.1) is 0 Å². The van der Waals surface area contributed by atoms with E-state index < -0.39 is 28.9 Å². The van der Waals surface area contributed by atoms with Gasteiger partial charge in [0.1, 0.15) is 11.4 Å². The molecule has 0 saturated heterocycles. The van der Waals surface area contributed by atoms with Crippen molar-refractivity contribution in [2.45, 2.75) is 58.7 Å². The number of ether oxygens (including phenoxy) is 1. The molecule has 0 aliphatic heterocycles. The molecule has 3 rings (SSSR count). The van der Waals surface area contributed by atoms with E-state index >= 15 is 0 Å². The molecule has 146 valence electrons. The first-order valence-corrected chi connectivity index (χ1v) is 9.48. The number of halogens is 3. The molecule has 2 aromatic rings. The highest BCUT2D eigenvalue weighted by Gasteiger charge is 2.31. The third-order valence-electron chi connectivity index (χ3n) is 4.38. The molecule has 1 aliphatic rings. The van der Waals surface area contributed by atoms with Crippen LogP contribution >= 0.6 is 15.9 Å². The number of aryl methyl sites for hydroxylation is 1. The lowest BCUT2D eigenvalue weighted by Crippen LogP contribution is -2.33. The Morgan fingerprint density at radius 1 is 1.37 bits per heavy atom. The van der Waals surface area contributed by atoms with E-state index in [1.54, 1.807) is 27.7 Å². The van der Waals surface area contributed by atoms with Crippen molar-refractivity contribution in [3.05, 3.63) is 43.7 Å². The zero-order chi connectivity index (χ0) is 20.1. The monoisotopic (exact) mass is 442 g/mol. The largest absolute Gasteiger partial charge is 0.444 e. The fraction of sp³-hybridized carbons (Fsp3) is 0.474. The number of aromatic nitrogens is 1. The second-order valence-corrected chi connectivity index (χ2v) is 8.54. The number of nitrogens with one attached hydrogen (secondary N) is 1. The van der Waals surface area contributed by atoms with Crippen LogP contribution in [-0.2, 0) is 11.3 Å². The summed E-state index contributed by atoms with van der Waals surface area (Å²) in [6.07, 6.45) is 0.812. The second kappa shape index (κ2) is 6.89. The topological polar surface area (TPSA) is 60.3 Å². The third-order valence-corrected chi connectivity index (χ3v) is 5.35. The molecule has 5 nitrogen and oxygen atoms in total. The summed E-state index contributed by atoms with van der Waals surface area (Å²) in [6, 6.07) is 1.11. The van der Waals surface area contributed by atoms with Crippen LogP contribution in [0.25, 0.3) is 10.9 Å². The van der Waals surface area contributed by atoms with Crippen molar-refractivity contribution >= 4 is 32.9 Å². The number of amides is 1. The van der Waals surface area contributed by atoms with Crippen molar-refractivity contribution in [2.24, 2.45) is 0 Å². The maximum atomic E-state index is 14.9. The molecule has 0 unspecified atom stereocenters. The average molecular weight is 443 g/mol. The zero-order valence-electron chi connectivity index (χ0n) is 15.6. The molecule has 1 aliphatic carbocycles. The Hall–Kier alpha value is -1.96. The first kappa shape index (κ1) is 19.8. The van der Waals surface area contributed by atoms with Crippen LogP contribution in [-0.4, -0.2) is 16.3 Å². The van der Waals surface area contributed by atoms with Crippen LogP contribution in [0.5, 0.6) is 0 Å². The maximum absolute atomic E-state index is 14.9. The molecule has 1 aromatic heterocycles. The molecule has 8 heteroatoms. The quantitative estimate of drug-likeness (QED) is 0.748. The van der Waals surface area contributed by atoms with Gasteiger partial charge in [-0.05, 0) is 68.1 Å². The number of alkyl carbamates (subject to hydrolysis) is 1. The van der Waals surface area contributed by atoms with Gasteiger partial charge >= 0.3 is 6.09 Å². The lowest BCUT2D eigenvalue weighted by atomic mass is 10.0. The predicted molar refractivity (Wildman–Crippen MR) is 102 cm³/mol. The van der Waals surface area contributed by atoms with Crippen LogP contribution in [0.4, 0.5) is 13.6 Å². The van der Waals surface area contributed by atoms with E-state index in [-0.39, 0.29) is 28.0 Å². The van der Waals surface area contributed by atoms with Gasteiger partial charge in [0.25, 0.3) is 5.56 Å². The van der Waals surface area contributed by atoms with Gasteiger partial charge in [-0.1, -0.05) is 0 Å². The minimum absolute atomic E-state index is 0.0488. The molecule has 0 radical (unpaired) electrons. The summed E-state index contributed by atoms with van der Waals surface area (Å²) in [5.74, 6) is -1.54. The minimum atomic E-state index is -0.980. The number of hydrogen-bond acceptors (Lipinski definition) is 3. The van der Waals surface area contributed by atoms with Crippen LogP contribution in [0.2, 0.25) is 0 Å². The number of benzene rings is 1. The van der Waals surface area contributed by atoms with Crippen molar-refractivity contribution in [3.63, 3.8) is 0 Å². The summed E-state index contributed by atoms with van der Waals surface area (Å²) in [5, 5.41) is 2.72. The van der Waals surface area contributed by atoms with Crippen LogP contribution in [0.15, 0.2) is 15.3 Å². The summed E-state index contributed by atoms with van der Waals surface area (Å²) in [7, 11) is 0. The van der Waals surface area contributed by atoms with E-state index in [9.17, 15) is 18.4 Å². The molecule has 1 amide bonds. The average Bonchev–Trinajstić information content (AvgIpc) is 3.37.